The highest BCUT2D eigenvalue weighted by atomic mass is 16.5. The van der Waals surface area contributed by atoms with Crippen molar-refractivity contribution in [3.05, 3.63) is 46.5 Å². The highest BCUT2D eigenvalue weighted by molar-refractivity contribution is 5.53. The summed E-state index contributed by atoms with van der Waals surface area (Å²) < 4.78 is 23.3. The third kappa shape index (κ3) is 2.72. The van der Waals surface area contributed by atoms with Crippen LogP contribution in [-0.4, -0.2) is 46.5 Å². The summed E-state index contributed by atoms with van der Waals surface area (Å²) in [5, 5.41) is 0. The van der Waals surface area contributed by atoms with Crippen LogP contribution in [0.25, 0.3) is 0 Å². The SMILES string of the molecule is COc1cc2c(cc1OC)[C@H]1Cc3ccc(OC)c(OC)c3C[N@@+]1(C)CC2. The Morgan fingerprint density at radius 2 is 1.56 bits per heavy atom. The van der Waals surface area contributed by atoms with Gasteiger partial charge in [0.2, 0.25) is 0 Å². The van der Waals surface area contributed by atoms with Gasteiger partial charge in [0.15, 0.2) is 23.0 Å². The van der Waals surface area contributed by atoms with E-state index in [9.17, 15) is 0 Å². The number of nitrogens with zero attached hydrogens (tertiary/aromatic N) is 1. The molecule has 0 aromatic heterocycles. The maximum Gasteiger partial charge on any atom is 0.169 e. The molecular weight excluding hydrogens is 342 g/mol. The van der Waals surface area contributed by atoms with Crippen LogP contribution in [0, 0.1) is 0 Å². The Bertz CT molecular complexity index is 879. The predicted octanol–water partition coefficient (Wildman–Crippen LogP) is 3.52. The molecule has 144 valence electrons. The van der Waals surface area contributed by atoms with Gasteiger partial charge in [-0.25, -0.2) is 0 Å². The molecular formula is C22H28NO4+. The summed E-state index contributed by atoms with van der Waals surface area (Å²) in [6, 6.07) is 8.95. The van der Waals surface area contributed by atoms with Crippen molar-refractivity contribution in [1.82, 2.24) is 0 Å². The molecule has 0 N–H and O–H groups in total. The molecule has 2 aliphatic rings. The number of benzene rings is 2. The topological polar surface area (TPSA) is 36.9 Å². The van der Waals surface area contributed by atoms with Crippen molar-refractivity contribution < 1.29 is 23.4 Å². The van der Waals surface area contributed by atoms with Crippen LogP contribution < -0.4 is 18.9 Å². The summed E-state index contributed by atoms with van der Waals surface area (Å²) in [7, 11) is 9.18. The number of hydrogen-bond donors (Lipinski definition) is 0. The Morgan fingerprint density at radius 3 is 2.22 bits per heavy atom. The number of fused-ring (bicyclic) bond motifs is 4. The molecule has 0 amide bonds. The van der Waals surface area contributed by atoms with Gasteiger partial charge in [-0.2, -0.15) is 0 Å². The summed E-state index contributed by atoms with van der Waals surface area (Å²) in [6.07, 6.45) is 2.01. The normalized spacial score (nSPS) is 22.9. The molecule has 0 fully saturated rings. The average molecular weight is 370 g/mol. The fourth-order valence-corrected chi connectivity index (χ4v) is 4.82. The van der Waals surface area contributed by atoms with Crippen LogP contribution >= 0.6 is 0 Å². The Labute approximate surface area is 161 Å². The van der Waals surface area contributed by atoms with Crippen LogP contribution in [0.15, 0.2) is 24.3 Å². The van der Waals surface area contributed by atoms with E-state index in [0.717, 1.165) is 53.4 Å². The number of rotatable bonds is 4. The minimum absolute atomic E-state index is 0.402. The second kappa shape index (κ2) is 6.64. The van der Waals surface area contributed by atoms with Gasteiger partial charge in [-0.05, 0) is 29.3 Å². The monoisotopic (exact) mass is 370 g/mol. The van der Waals surface area contributed by atoms with Gasteiger partial charge >= 0.3 is 0 Å². The van der Waals surface area contributed by atoms with Gasteiger partial charge in [-0.3, -0.25) is 0 Å². The molecule has 2 heterocycles. The molecule has 2 aromatic carbocycles. The summed E-state index contributed by atoms with van der Waals surface area (Å²) in [4.78, 5) is 0. The van der Waals surface area contributed by atoms with Gasteiger partial charge in [0, 0.05) is 18.4 Å². The lowest BCUT2D eigenvalue weighted by atomic mass is 9.81. The third-order valence-corrected chi connectivity index (χ3v) is 6.33. The number of hydrogen-bond acceptors (Lipinski definition) is 4. The highest BCUT2D eigenvalue weighted by Crippen LogP contribution is 2.48. The summed E-state index contributed by atoms with van der Waals surface area (Å²) in [5.74, 6) is 3.31. The van der Waals surface area contributed by atoms with Gasteiger partial charge in [0.25, 0.3) is 0 Å². The zero-order valence-electron chi connectivity index (χ0n) is 16.8. The summed E-state index contributed by atoms with van der Waals surface area (Å²) in [5.41, 5.74) is 5.37. The van der Waals surface area contributed by atoms with Crippen molar-refractivity contribution in [1.29, 1.82) is 0 Å². The number of quaternary nitrogens is 1. The number of methoxy groups -OCH3 is 4. The van der Waals surface area contributed by atoms with E-state index in [2.05, 4.69) is 25.2 Å². The Hall–Kier alpha value is -2.40. The average Bonchev–Trinajstić information content (AvgIpc) is 2.70. The molecule has 0 aliphatic carbocycles. The van der Waals surface area contributed by atoms with E-state index in [1.165, 1.54) is 22.3 Å². The molecule has 4 rings (SSSR count). The molecule has 0 unspecified atom stereocenters. The minimum Gasteiger partial charge on any atom is -0.493 e. The molecule has 0 spiro atoms. The number of ether oxygens (including phenoxy) is 4. The van der Waals surface area contributed by atoms with Crippen molar-refractivity contribution >= 4 is 0 Å². The molecule has 2 aromatic rings. The largest absolute Gasteiger partial charge is 0.493 e. The quantitative estimate of drug-likeness (QED) is 0.772. The summed E-state index contributed by atoms with van der Waals surface area (Å²) >= 11 is 0. The van der Waals surface area contributed by atoms with E-state index in [-0.39, 0.29) is 0 Å². The first-order valence-electron chi connectivity index (χ1n) is 9.36. The fraction of sp³-hybridized carbons (Fsp3) is 0.455. The van der Waals surface area contributed by atoms with Crippen LogP contribution in [0.4, 0.5) is 0 Å². The Morgan fingerprint density at radius 1 is 0.852 bits per heavy atom. The van der Waals surface area contributed by atoms with Gasteiger partial charge in [-0.15, -0.1) is 0 Å². The molecule has 0 saturated carbocycles. The van der Waals surface area contributed by atoms with Gasteiger partial charge in [0.05, 0.1) is 47.6 Å². The molecule has 0 radical (unpaired) electrons. The van der Waals surface area contributed by atoms with Crippen LogP contribution in [-0.2, 0) is 19.4 Å². The van der Waals surface area contributed by atoms with Crippen molar-refractivity contribution in [2.45, 2.75) is 25.4 Å². The highest BCUT2D eigenvalue weighted by Gasteiger charge is 2.44. The van der Waals surface area contributed by atoms with Gasteiger partial charge in [-0.1, -0.05) is 6.07 Å². The van der Waals surface area contributed by atoms with Crippen molar-refractivity contribution in [3.8, 4) is 23.0 Å². The van der Waals surface area contributed by atoms with E-state index in [1.807, 2.05) is 6.07 Å². The van der Waals surface area contributed by atoms with E-state index < -0.39 is 0 Å². The number of likely N-dealkylation sites (N-methyl/N-ethyl adjacent to an activating group) is 1. The first-order valence-corrected chi connectivity index (χ1v) is 9.36. The zero-order chi connectivity index (χ0) is 19.2. The van der Waals surface area contributed by atoms with E-state index in [1.54, 1.807) is 28.4 Å². The lowest BCUT2D eigenvalue weighted by Crippen LogP contribution is -2.53. The third-order valence-electron chi connectivity index (χ3n) is 6.33. The summed E-state index contributed by atoms with van der Waals surface area (Å²) in [6.45, 7) is 2.03. The van der Waals surface area contributed by atoms with Gasteiger partial charge in [0.1, 0.15) is 12.6 Å². The molecule has 2 atom stereocenters. The van der Waals surface area contributed by atoms with Crippen LogP contribution in [0.3, 0.4) is 0 Å². The van der Waals surface area contributed by atoms with Crippen LogP contribution in [0.1, 0.15) is 28.3 Å². The first-order chi connectivity index (χ1) is 13.0. The molecule has 27 heavy (non-hydrogen) atoms. The maximum absolute atomic E-state index is 5.72. The van der Waals surface area contributed by atoms with Gasteiger partial charge < -0.3 is 23.4 Å². The lowest BCUT2D eigenvalue weighted by Gasteiger charge is -2.49. The molecule has 5 heteroatoms. The molecule has 0 bridgehead atoms. The predicted molar refractivity (Wildman–Crippen MR) is 104 cm³/mol. The minimum atomic E-state index is 0.402. The maximum atomic E-state index is 5.72. The fourth-order valence-electron chi connectivity index (χ4n) is 4.82. The zero-order valence-corrected chi connectivity index (χ0v) is 16.8. The van der Waals surface area contributed by atoms with Crippen LogP contribution in [0.5, 0.6) is 23.0 Å². The molecule has 5 nitrogen and oxygen atoms in total. The second-order valence-electron chi connectivity index (χ2n) is 7.68. The Kier molecular flexibility index (Phi) is 4.42. The first kappa shape index (κ1) is 18.0. The lowest BCUT2D eigenvalue weighted by molar-refractivity contribution is -0.956. The van der Waals surface area contributed by atoms with E-state index in [4.69, 9.17) is 18.9 Å². The van der Waals surface area contributed by atoms with Crippen molar-refractivity contribution in [2.75, 3.05) is 42.0 Å². The standard InChI is InChI=1S/C22H28NO4/c1-23-9-8-15-11-20(25-3)21(26-4)12-16(15)18(23)10-14-6-7-19(24-2)22(27-5)17(14)13-23/h6-7,11-12,18H,8-10,13H2,1-5H3/q+1/t18-,23-/m1/s1. The molecule has 2 aliphatic heterocycles. The second-order valence-corrected chi connectivity index (χ2v) is 7.68. The van der Waals surface area contributed by atoms with Crippen molar-refractivity contribution in [3.63, 3.8) is 0 Å². The van der Waals surface area contributed by atoms with E-state index >= 15 is 0 Å². The Balaban J connectivity index is 1.82. The van der Waals surface area contributed by atoms with Crippen molar-refractivity contribution in [2.24, 2.45) is 0 Å². The van der Waals surface area contributed by atoms with Crippen LogP contribution in [0.2, 0.25) is 0 Å². The smallest absolute Gasteiger partial charge is 0.169 e. The molecule has 0 saturated heterocycles. The van der Waals surface area contributed by atoms with E-state index in [0.29, 0.717) is 6.04 Å².